The normalized spacial score (nSPS) is 17.7. The van der Waals surface area contributed by atoms with E-state index in [1.807, 2.05) is 18.7 Å². The average molecular weight is 461 g/mol. The molecule has 0 radical (unpaired) electrons. The second-order valence-corrected chi connectivity index (χ2v) is 9.52. The van der Waals surface area contributed by atoms with Crippen LogP contribution in [-0.4, -0.2) is 75.4 Å². The van der Waals surface area contributed by atoms with Crippen LogP contribution in [0.4, 0.5) is 5.13 Å². The minimum Gasteiger partial charge on any atom is -0.348 e. The highest BCUT2D eigenvalue weighted by Gasteiger charge is 2.30. The van der Waals surface area contributed by atoms with E-state index in [4.69, 9.17) is 0 Å². The van der Waals surface area contributed by atoms with E-state index in [-0.39, 0.29) is 23.9 Å². The molecular formula is C22H32N6O3S. The number of fused-ring (bicyclic) bond motifs is 1. The molecule has 2 aliphatic rings. The number of piperidine rings is 2. The summed E-state index contributed by atoms with van der Waals surface area (Å²) in [7, 11) is 0. The van der Waals surface area contributed by atoms with Crippen molar-refractivity contribution in [3.05, 3.63) is 16.7 Å². The summed E-state index contributed by atoms with van der Waals surface area (Å²) in [4.78, 5) is 52.9. The first-order valence-corrected chi connectivity index (χ1v) is 12.5. The van der Waals surface area contributed by atoms with E-state index in [9.17, 15) is 14.4 Å². The molecule has 2 aliphatic heterocycles. The smallest absolute Gasteiger partial charge is 0.273 e. The quantitative estimate of drug-likeness (QED) is 0.654. The molecule has 2 fully saturated rings. The molecule has 0 N–H and O–H groups in total. The molecular weight excluding hydrogens is 428 g/mol. The number of amides is 2. The van der Waals surface area contributed by atoms with Crippen LogP contribution in [0.25, 0.3) is 10.3 Å². The fourth-order valence-corrected chi connectivity index (χ4v) is 5.62. The second-order valence-electron chi connectivity index (χ2n) is 8.54. The number of nitrogens with zero attached hydrogens (tertiary/aromatic N) is 6. The van der Waals surface area contributed by atoms with E-state index < -0.39 is 0 Å². The standard InChI is InChI=1S/C22H32N6O3S/c1-3-25(4-2)17(29)14-28-15-23-19-18(21(28)31)32-22(24-19)27-12-8-16(9-13-27)20(30)26-10-6-5-7-11-26/h15-16H,3-14H2,1-2H3. The zero-order valence-corrected chi connectivity index (χ0v) is 19.8. The Balaban J connectivity index is 1.43. The van der Waals surface area contributed by atoms with Crippen molar-refractivity contribution in [1.29, 1.82) is 0 Å². The summed E-state index contributed by atoms with van der Waals surface area (Å²) >= 11 is 1.33. The van der Waals surface area contributed by atoms with E-state index >= 15 is 0 Å². The average Bonchev–Trinajstić information content (AvgIpc) is 3.27. The number of carbonyl (C=O) groups excluding carboxylic acids is 2. The van der Waals surface area contributed by atoms with Crippen LogP contribution < -0.4 is 10.5 Å². The summed E-state index contributed by atoms with van der Waals surface area (Å²) in [6.07, 6.45) is 6.48. The van der Waals surface area contributed by atoms with Gasteiger partial charge in [0.05, 0.1) is 0 Å². The summed E-state index contributed by atoms with van der Waals surface area (Å²) in [5.41, 5.74) is 0.197. The molecule has 174 valence electrons. The number of hydrogen-bond donors (Lipinski definition) is 0. The van der Waals surface area contributed by atoms with Gasteiger partial charge in [-0.05, 0) is 46.0 Å². The van der Waals surface area contributed by atoms with E-state index in [0.717, 1.165) is 57.0 Å². The molecule has 0 aromatic carbocycles. The highest BCUT2D eigenvalue weighted by Crippen LogP contribution is 2.30. The first-order valence-electron chi connectivity index (χ1n) is 11.7. The third-order valence-corrected chi connectivity index (χ3v) is 7.67. The summed E-state index contributed by atoms with van der Waals surface area (Å²) < 4.78 is 1.84. The second kappa shape index (κ2) is 9.97. The van der Waals surface area contributed by atoms with Crippen LogP contribution in [0.1, 0.15) is 46.0 Å². The zero-order chi connectivity index (χ0) is 22.7. The van der Waals surface area contributed by atoms with Gasteiger partial charge in [0.25, 0.3) is 5.56 Å². The molecule has 2 aromatic rings. The van der Waals surface area contributed by atoms with Crippen molar-refractivity contribution in [2.45, 2.75) is 52.5 Å². The summed E-state index contributed by atoms with van der Waals surface area (Å²) in [6, 6.07) is 0. The molecule has 10 heteroatoms. The van der Waals surface area contributed by atoms with Crippen LogP contribution >= 0.6 is 11.3 Å². The Labute approximate surface area is 192 Å². The van der Waals surface area contributed by atoms with E-state index in [1.165, 1.54) is 28.7 Å². The van der Waals surface area contributed by atoms with Gasteiger partial charge in [-0.25, -0.2) is 4.98 Å². The number of rotatable bonds is 6. The zero-order valence-electron chi connectivity index (χ0n) is 19.0. The number of likely N-dealkylation sites (tertiary alicyclic amines) is 1. The van der Waals surface area contributed by atoms with Crippen LogP contribution in [0.15, 0.2) is 11.1 Å². The predicted molar refractivity (Wildman–Crippen MR) is 125 cm³/mol. The third kappa shape index (κ3) is 4.65. The van der Waals surface area contributed by atoms with Gasteiger partial charge in [-0.1, -0.05) is 11.3 Å². The van der Waals surface area contributed by atoms with Crippen molar-refractivity contribution in [2.24, 2.45) is 5.92 Å². The van der Waals surface area contributed by atoms with Crippen LogP contribution in [-0.2, 0) is 16.1 Å². The van der Waals surface area contributed by atoms with Gasteiger partial charge in [-0.15, -0.1) is 0 Å². The molecule has 4 heterocycles. The van der Waals surface area contributed by atoms with Gasteiger partial charge < -0.3 is 14.7 Å². The monoisotopic (exact) mass is 460 g/mol. The van der Waals surface area contributed by atoms with Crippen LogP contribution in [0.5, 0.6) is 0 Å². The van der Waals surface area contributed by atoms with E-state index in [1.54, 1.807) is 4.90 Å². The minimum absolute atomic E-state index is 0.0132. The van der Waals surface area contributed by atoms with Gasteiger partial charge in [0.2, 0.25) is 11.8 Å². The molecule has 0 atom stereocenters. The predicted octanol–water partition coefficient (Wildman–Crippen LogP) is 1.95. The van der Waals surface area contributed by atoms with E-state index in [2.05, 4.69) is 14.9 Å². The first kappa shape index (κ1) is 22.7. The van der Waals surface area contributed by atoms with Crippen molar-refractivity contribution in [1.82, 2.24) is 24.3 Å². The Hall–Kier alpha value is -2.49. The van der Waals surface area contributed by atoms with Crippen LogP contribution in [0, 0.1) is 5.92 Å². The largest absolute Gasteiger partial charge is 0.348 e. The maximum absolute atomic E-state index is 12.9. The molecule has 4 rings (SSSR count). The third-order valence-electron chi connectivity index (χ3n) is 6.58. The molecule has 0 saturated carbocycles. The summed E-state index contributed by atoms with van der Waals surface area (Å²) in [5, 5.41) is 0.765. The number of likely N-dealkylation sites (N-methyl/N-ethyl adjacent to an activating group) is 1. The first-order chi connectivity index (χ1) is 15.5. The number of anilines is 1. The van der Waals surface area contributed by atoms with E-state index in [0.29, 0.717) is 29.3 Å². The Morgan fingerprint density at radius 3 is 2.44 bits per heavy atom. The molecule has 9 nitrogen and oxygen atoms in total. The topological polar surface area (TPSA) is 91.6 Å². The van der Waals surface area contributed by atoms with Crippen molar-refractivity contribution < 1.29 is 9.59 Å². The lowest BCUT2D eigenvalue weighted by Gasteiger charge is -2.35. The Morgan fingerprint density at radius 1 is 1.09 bits per heavy atom. The van der Waals surface area contributed by atoms with Crippen LogP contribution in [0.2, 0.25) is 0 Å². The highest BCUT2D eigenvalue weighted by atomic mass is 32.1. The molecule has 0 spiro atoms. The van der Waals surface area contributed by atoms with Crippen LogP contribution in [0.3, 0.4) is 0 Å². The van der Waals surface area contributed by atoms with Crippen molar-refractivity contribution in [3.63, 3.8) is 0 Å². The molecule has 0 bridgehead atoms. The van der Waals surface area contributed by atoms with Crippen molar-refractivity contribution in [3.8, 4) is 0 Å². The maximum atomic E-state index is 12.9. The fraction of sp³-hybridized carbons (Fsp3) is 0.682. The molecule has 0 aliphatic carbocycles. The number of thiazole rings is 1. The number of hydrogen-bond acceptors (Lipinski definition) is 7. The molecule has 2 amide bonds. The number of aromatic nitrogens is 3. The molecule has 2 aromatic heterocycles. The highest BCUT2D eigenvalue weighted by molar-refractivity contribution is 7.22. The van der Waals surface area contributed by atoms with Gasteiger partial charge in [0.1, 0.15) is 17.6 Å². The molecule has 2 saturated heterocycles. The minimum atomic E-state index is -0.227. The van der Waals surface area contributed by atoms with Gasteiger partial charge in [0.15, 0.2) is 10.8 Å². The summed E-state index contributed by atoms with van der Waals surface area (Å²) in [6.45, 7) is 8.34. The lowest BCUT2D eigenvalue weighted by molar-refractivity contribution is -0.137. The fourth-order valence-electron chi connectivity index (χ4n) is 4.60. The lowest BCUT2D eigenvalue weighted by atomic mass is 9.94. The number of carbonyl (C=O) groups is 2. The van der Waals surface area contributed by atoms with Gasteiger partial charge in [0, 0.05) is 45.2 Å². The Bertz CT molecular complexity index is 1020. The molecule has 32 heavy (non-hydrogen) atoms. The SMILES string of the molecule is CCN(CC)C(=O)Cn1cnc2nc(N3CCC(C(=O)N4CCCCC4)CC3)sc2c1=O. The van der Waals surface area contributed by atoms with Gasteiger partial charge >= 0.3 is 0 Å². The van der Waals surface area contributed by atoms with Crippen molar-refractivity contribution in [2.75, 3.05) is 44.2 Å². The summed E-state index contributed by atoms with van der Waals surface area (Å²) in [5.74, 6) is 0.291. The van der Waals surface area contributed by atoms with Crippen molar-refractivity contribution >= 4 is 38.6 Å². The lowest BCUT2D eigenvalue weighted by Crippen LogP contribution is -2.44. The Kier molecular flexibility index (Phi) is 7.07. The van der Waals surface area contributed by atoms with Gasteiger partial charge in [-0.3, -0.25) is 19.0 Å². The molecule has 0 unspecified atom stereocenters. The Morgan fingerprint density at radius 2 is 1.78 bits per heavy atom. The van der Waals surface area contributed by atoms with Gasteiger partial charge in [-0.2, -0.15) is 4.98 Å². The maximum Gasteiger partial charge on any atom is 0.273 e.